The summed E-state index contributed by atoms with van der Waals surface area (Å²) in [4.78, 5) is 31.6. The van der Waals surface area contributed by atoms with Crippen molar-refractivity contribution in [2.45, 2.75) is 45.2 Å². The number of benzene rings is 1. The first-order valence-corrected chi connectivity index (χ1v) is 11.7. The minimum Gasteiger partial charge on any atom is -0.384 e. The highest BCUT2D eigenvalue weighted by molar-refractivity contribution is 6.04. The van der Waals surface area contributed by atoms with E-state index in [0.29, 0.717) is 43.5 Å². The lowest BCUT2D eigenvalue weighted by Gasteiger charge is -2.29. The highest BCUT2D eigenvalue weighted by Gasteiger charge is 2.26. The zero-order valence-electron chi connectivity index (χ0n) is 19.8. The molecule has 0 radical (unpaired) electrons. The summed E-state index contributed by atoms with van der Waals surface area (Å²) in [5.74, 6) is 0.652. The summed E-state index contributed by atoms with van der Waals surface area (Å²) in [6.07, 6.45) is 2.70. The Morgan fingerprint density at radius 2 is 2.06 bits per heavy atom. The zero-order chi connectivity index (χ0) is 24.5. The molecule has 2 aromatic heterocycles. The molecule has 5 rings (SSSR count). The molecule has 4 heterocycles. The van der Waals surface area contributed by atoms with Gasteiger partial charge in [-0.05, 0) is 55.2 Å². The first kappa shape index (κ1) is 23.1. The lowest BCUT2D eigenvalue weighted by Crippen LogP contribution is -2.36. The Labute approximate surface area is 202 Å². The lowest BCUT2D eigenvalue weighted by molar-refractivity contribution is -0.133. The molecule has 1 N–H and O–H groups in total. The number of aromatic nitrogens is 4. The van der Waals surface area contributed by atoms with Crippen LogP contribution >= 0.6 is 0 Å². The molecule has 9 nitrogen and oxygen atoms in total. The average Bonchev–Trinajstić information content (AvgIpc) is 3.45. The van der Waals surface area contributed by atoms with Crippen molar-refractivity contribution >= 4 is 17.6 Å². The van der Waals surface area contributed by atoms with Gasteiger partial charge in [0, 0.05) is 32.7 Å². The van der Waals surface area contributed by atoms with E-state index in [0.717, 1.165) is 29.8 Å². The molecule has 2 aliphatic rings. The minimum absolute atomic E-state index is 0.0249. The predicted molar refractivity (Wildman–Crippen MR) is 126 cm³/mol. The van der Waals surface area contributed by atoms with Gasteiger partial charge in [-0.2, -0.15) is 0 Å². The average molecular weight is 479 g/mol. The second-order valence-corrected chi connectivity index (χ2v) is 8.97. The third-order valence-corrected chi connectivity index (χ3v) is 6.63. The number of fused-ring (bicyclic) bond motifs is 2. The summed E-state index contributed by atoms with van der Waals surface area (Å²) < 4.78 is 21.9. The van der Waals surface area contributed by atoms with E-state index in [1.165, 1.54) is 12.1 Å². The Bertz CT molecular complexity index is 1290. The lowest BCUT2D eigenvalue weighted by atomic mass is 9.96. The number of ether oxygens (including phenoxy) is 1. The van der Waals surface area contributed by atoms with Gasteiger partial charge in [0.15, 0.2) is 5.82 Å². The van der Waals surface area contributed by atoms with Gasteiger partial charge in [-0.15, -0.1) is 10.2 Å². The van der Waals surface area contributed by atoms with E-state index >= 15 is 0 Å². The first-order chi connectivity index (χ1) is 16.9. The number of carbonyl (C=O) groups is 2. The van der Waals surface area contributed by atoms with Gasteiger partial charge in [0.1, 0.15) is 23.2 Å². The van der Waals surface area contributed by atoms with Crippen LogP contribution in [0.4, 0.5) is 10.2 Å². The second-order valence-electron chi connectivity index (χ2n) is 8.97. The molecule has 0 fully saturated rings. The molecule has 35 heavy (non-hydrogen) atoms. The number of pyridine rings is 1. The third kappa shape index (κ3) is 4.53. The van der Waals surface area contributed by atoms with Gasteiger partial charge in [0.2, 0.25) is 5.91 Å². The van der Waals surface area contributed by atoms with Crippen molar-refractivity contribution in [3.8, 4) is 11.5 Å². The number of halogens is 1. The Hall–Kier alpha value is -3.66. The van der Waals surface area contributed by atoms with Gasteiger partial charge in [-0.1, -0.05) is 6.07 Å². The molecule has 2 amide bonds. The van der Waals surface area contributed by atoms with E-state index in [4.69, 9.17) is 4.74 Å². The van der Waals surface area contributed by atoms with Crippen LogP contribution in [0.25, 0.3) is 11.5 Å². The van der Waals surface area contributed by atoms with E-state index in [2.05, 4.69) is 32.0 Å². The molecule has 0 saturated heterocycles. The second kappa shape index (κ2) is 9.53. The number of carbonyl (C=O) groups excluding carboxylic acids is 2. The SMILES string of the molecule is COCCC(=O)N1CCc2cc(F)c(C(=O)Nc3cccc(-c4nnc5n4[C@@H](C)CC5)n3)cc2C1. The predicted octanol–water partition coefficient (Wildman–Crippen LogP) is 3.16. The molecule has 0 unspecified atom stereocenters. The number of amides is 2. The number of nitrogens with one attached hydrogen (secondary N) is 1. The molecule has 0 bridgehead atoms. The van der Waals surface area contributed by atoms with Crippen LogP contribution in [0.3, 0.4) is 0 Å². The van der Waals surface area contributed by atoms with Crippen LogP contribution in [0.5, 0.6) is 0 Å². The van der Waals surface area contributed by atoms with Crippen molar-refractivity contribution in [1.29, 1.82) is 0 Å². The fourth-order valence-electron chi connectivity index (χ4n) is 4.73. The van der Waals surface area contributed by atoms with Crippen molar-refractivity contribution in [2.75, 3.05) is 25.6 Å². The summed E-state index contributed by atoms with van der Waals surface area (Å²) in [7, 11) is 1.55. The molecular weight excluding hydrogens is 451 g/mol. The molecule has 1 aromatic carbocycles. The Kier molecular flexibility index (Phi) is 6.29. The summed E-state index contributed by atoms with van der Waals surface area (Å²) in [6.45, 7) is 3.31. The van der Waals surface area contributed by atoms with Gasteiger partial charge >= 0.3 is 0 Å². The number of hydrogen-bond donors (Lipinski definition) is 1. The fraction of sp³-hybridized carbons (Fsp3) is 0.400. The summed E-state index contributed by atoms with van der Waals surface area (Å²) >= 11 is 0. The number of rotatable bonds is 6. The molecule has 1 atom stereocenters. The highest BCUT2D eigenvalue weighted by atomic mass is 19.1. The van der Waals surface area contributed by atoms with Gasteiger partial charge in [0.25, 0.3) is 5.91 Å². The Morgan fingerprint density at radius 3 is 2.89 bits per heavy atom. The molecule has 182 valence electrons. The molecule has 0 spiro atoms. The molecule has 0 aliphatic carbocycles. The summed E-state index contributed by atoms with van der Waals surface area (Å²) in [5.41, 5.74) is 2.08. The minimum atomic E-state index is -0.599. The molecule has 3 aromatic rings. The van der Waals surface area contributed by atoms with Crippen LogP contribution in [0, 0.1) is 5.82 Å². The van der Waals surface area contributed by atoms with Crippen molar-refractivity contribution in [3.63, 3.8) is 0 Å². The maximum absolute atomic E-state index is 14.8. The monoisotopic (exact) mass is 478 g/mol. The first-order valence-electron chi connectivity index (χ1n) is 11.7. The van der Waals surface area contributed by atoms with Crippen LogP contribution in [0.2, 0.25) is 0 Å². The molecule has 10 heteroatoms. The van der Waals surface area contributed by atoms with E-state index < -0.39 is 11.7 Å². The molecule has 2 aliphatic heterocycles. The quantitative estimate of drug-likeness (QED) is 0.584. The smallest absolute Gasteiger partial charge is 0.259 e. The maximum Gasteiger partial charge on any atom is 0.259 e. The van der Waals surface area contributed by atoms with E-state index in [1.54, 1.807) is 24.1 Å². The van der Waals surface area contributed by atoms with Gasteiger partial charge < -0.3 is 19.5 Å². The van der Waals surface area contributed by atoms with Crippen molar-refractivity contribution in [1.82, 2.24) is 24.6 Å². The molecular formula is C25H27FN6O3. The van der Waals surface area contributed by atoms with E-state index in [1.807, 2.05) is 6.07 Å². The van der Waals surface area contributed by atoms with Crippen LogP contribution in [0.1, 0.15) is 53.1 Å². The van der Waals surface area contributed by atoms with E-state index in [9.17, 15) is 14.0 Å². The maximum atomic E-state index is 14.8. The Morgan fingerprint density at radius 1 is 1.20 bits per heavy atom. The summed E-state index contributed by atoms with van der Waals surface area (Å²) in [6, 6.07) is 8.44. The van der Waals surface area contributed by atoms with Gasteiger partial charge in [-0.3, -0.25) is 9.59 Å². The number of aryl methyl sites for hydroxylation is 1. The number of nitrogens with zero attached hydrogens (tertiary/aromatic N) is 5. The number of anilines is 1. The normalized spacial score (nSPS) is 16.7. The number of methoxy groups -OCH3 is 1. The fourth-order valence-corrected chi connectivity index (χ4v) is 4.73. The van der Waals surface area contributed by atoms with Gasteiger partial charge in [-0.25, -0.2) is 9.37 Å². The Balaban J connectivity index is 1.35. The zero-order valence-corrected chi connectivity index (χ0v) is 19.8. The van der Waals surface area contributed by atoms with Gasteiger partial charge in [0.05, 0.1) is 18.6 Å². The van der Waals surface area contributed by atoms with Crippen LogP contribution < -0.4 is 5.32 Å². The van der Waals surface area contributed by atoms with Crippen LogP contribution in [-0.4, -0.2) is 56.7 Å². The largest absolute Gasteiger partial charge is 0.384 e. The van der Waals surface area contributed by atoms with Crippen molar-refractivity contribution < 1.29 is 18.7 Å². The van der Waals surface area contributed by atoms with Crippen LogP contribution in [-0.2, 0) is 28.9 Å². The topological polar surface area (TPSA) is 102 Å². The number of hydrogen-bond acceptors (Lipinski definition) is 6. The van der Waals surface area contributed by atoms with Crippen molar-refractivity contribution in [3.05, 3.63) is 58.7 Å². The van der Waals surface area contributed by atoms with E-state index in [-0.39, 0.29) is 23.9 Å². The highest BCUT2D eigenvalue weighted by Crippen LogP contribution is 2.30. The standard InChI is InChI=1S/C25H27FN6O3/c1-15-6-7-22-29-30-24(32(15)22)20-4-3-5-21(27-20)28-25(34)18-12-17-14-31(23(33)9-11-35-2)10-8-16(17)13-19(18)26/h3-5,12-13,15H,6-11,14H2,1-2H3,(H,27,28,34)/t15-/m0/s1. The molecule has 0 saturated carbocycles. The summed E-state index contributed by atoms with van der Waals surface area (Å²) in [5, 5.41) is 11.2. The van der Waals surface area contributed by atoms with Crippen LogP contribution in [0.15, 0.2) is 30.3 Å². The third-order valence-electron chi connectivity index (χ3n) is 6.63. The van der Waals surface area contributed by atoms with Crippen molar-refractivity contribution in [2.24, 2.45) is 0 Å².